The highest BCUT2D eigenvalue weighted by Crippen LogP contribution is 2.35. The summed E-state index contributed by atoms with van der Waals surface area (Å²) in [5.41, 5.74) is 1.56. The fourth-order valence-electron chi connectivity index (χ4n) is 3.72. The van der Waals surface area contributed by atoms with Gasteiger partial charge in [-0.3, -0.25) is 14.7 Å². The van der Waals surface area contributed by atoms with Crippen LogP contribution in [-0.4, -0.2) is 35.4 Å². The molecule has 2 aliphatic heterocycles. The monoisotopic (exact) mass is 329 g/mol. The smallest absolute Gasteiger partial charge is 0.231 e. The quantitative estimate of drug-likeness (QED) is 0.868. The van der Waals surface area contributed by atoms with Gasteiger partial charge in [0.1, 0.15) is 0 Å². The predicted octanol–water partition coefficient (Wildman–Crippen LogP) is 2.45. The normalized spacial score (nSPS) is 23.8. The van der Waals surface area contributed by atoms with Crippen LogP contribution in [0.1, 0.15) is 5.56 Å². The van der Waals surface area contributed by atoms with E-state index in [1.54, 1.807) is 23.4 Å². The SMILES string of the molecule is O=C1[C@H]2CN(Cc3ccc(F)c(F)c3)C[C@H]2CN1c1cccnc1. The predicted molar refractivity (Wildman–Crippen MR) is 85.2 cm³/mol. The minimum Gasteiger partial charge on any atom is -0.310 e. The lowest BCUT2D eigenvalue weighted by atomic mass is 10.0. The third-order valence-electron chi connectivity index (χ3n) is 4.86. The molecule has 2 saturated heterocycles. The molecule has 1 amide bonds. The summed E-state index contributed by atoms with van der Waals surface area (Å²) >= 11 is 0. The Bertz CT molecular complexity index is 768. The second-order valence-corrected chi connectivity index (χ2v) is 6.47. The summed E-state index contributed by atoms with van der Waals surface area (Å²) in [6.45, 7) is 2.65. The Morgan fingerprint density at radius 2 is 2.00 bits per heavy atom. The number of pyridine rings is 1. The van der Waals surface area contributed by atoms with Crippen molar-refractivity contribution in [3.8, 4) is 0 Å². The summed E-state index contributed by atoms with van der Waals surface area (Å²) in [6.07, 6.45) is 3.40. The Labute approximate surface area is 138 Å². The van der Waals surface area contributed by atoms with Crippen molar-refractivity contribution < 1.29 is 13.6 Å². The number of aromatic nitrogens is 1. The summed E-state index contributed by atoms with van der Waals surface area (Å²) < 4.78 is 26.3. The van der Waals surface area contributed by atoms with Gasteiger partial charge in [-0.05, 0) is 29.8 Å². The number of hydrogen-bond acceptors (Lipinski definition) is 3. The lowest BCUT2D eigenvalue weighted by molar-refractivity contribution is -0.120. The van der Waals surface area contributed by atoms with Crippen LogP contribution in [0.3, 0.4) is 0 Å². The van der Waals surface area contributed by atoms with Crippen LogP contribution in [-0.2, 0) is 11.3 Å². The summed E-state index contributed by atoms with van der Waals surface area (Å²) in [4.78, 5) is 20.7. The Kier molecular flexibility index (Phi) is 3.76. The van der Waals surface area contributed by atoms with Gasteiger partial charge in [-0.15, -0.1) is 0 Å². The van der Waals surface area contributed by atoms with E-state index in [1.165, 1.54) is 6.07 Å². The average Bonchev–Trinajstić information content (AvgIpc) is 3.11. The Hall–Kier alpha value is -2.34. The van der Waals surface area contributed by atoms with Crippen molar-refractivity contribution >= 4 is 11.6 Å². The number of halogens is 2. The van der Waals surface area contributed by atoms with Crippen molar-refractivity contribution in [3.63, 3.8) is 0 Å². The minimum absolute atomic E-state index is 0.0319. The molecule has 6 heteroatoms. The molecule has 0 spiro atoms. The van der Waals surface area contributed by atoms with E-state index in [-0.39, 0.29) is 17.7 Å². The Morgan fingerprint density at radius 1 is 1.12 bits per heavy atom. The van der Waals surface area contributed by atoms with E-state index >= 15 is 0 Å². The molecule has 2 atom stereocenters. The van der Waals surface area contributed by atoms with Gasteiger partial charge in [0.15, 0.2) is 11.6 Å². The van der Waals surface area contributed by atoms with E-state index in [9.17, 15) is 13.6 Å². The largest absolute Gasteiger partial charge is 0.310 e. The van der Waals surface area contributed by atoms with Gasteiger partial charge in [0.25, 0.3) is 0 Å². The summed E-state index contributed by atoms with van der Waals surface area (Å²) in [5.74, 6) is -1.30. The van der Waals surface area contributed by atoms with E-state index in [0.717, 1.165) is 23.9 Å². The molecule has 0 aliphatic carbocycles. The van der Waals surface area contributed by atoms with Crippen LogP contribution in [0.25, 0.3) is 0 Å². The highest BCUT2D eigenvalue weighted by Gasteiger charge is 2.46. The van der Waals surface area contributed by atoms with Gasteiger partial charge >= 0.3 is 0 Å². The zero-order valence-corrected chi connectivity index (χ0v) is 13.0. The maximum absolute atomic E-state index is 13.3. The van der Waals surface area contributed by atoms with Gasteiger partial charge in [0.05, 0.1) is 17.8 Å². The third kappa shape index (κ3) is 2.67. The van der Waals surface area contributed by atoms with Crippen molar-refractivity contribution in [2.45, 2.75) is 6.54 Å². The maximum Gasteiger partial charge on any atom is 0.231 e. The lowest BCUT2D eigenvalue weighted by Gasteiger charge is -2.21. The van der Waals surface area contributed by atoms with Crippen molar-refractivity contribution in [1.82, 2.24) is 9.88 Å². The summed E-state index contributed by atoms with van der Waals surface area (Å²) in [6, 6.07) is 7.69. The molecular weight excluding hydrogens is 312 g/mol. The molecule has 1 aromatic heterocycles. The minimum atomic E-state index is -0.834. The zero-order chi connectivity index (χ0) is 16.7. The summed E-state index contributed by atoms with van der Waals surface area (Å²) in [7, 11) is 0. The highest BCUT2D eigenvalue weighted by atomic mass is 19.2. The fraction of sp³-hybridized carbons (Fsp3) is 0.333. The van der Waals surface area contributed by atoms with Crippen molar-refractivity contribution in [1.29, 1.82) is 0 Å². The first-order valence-corrected chi connectivity index (χ1v) is 7.99. The molecule has 2 fully saturated rings. The molecule has 0 N–H and O–H groups in total. The second-order valence-electron chi connectivity index (χ2n) is 6.47. The van der Waals surface area contributed by atoms with Gasteiger partial charge in [-0.25, -0.2) is 8.78 Å². The topological polar surface area (TPSA) is 36.4 Å². The number of hydrogen-bond donors (Lipinski definition) is 0. The first kappa shape index (κ1) is 15.2. The first-order chi connectivity index (χ1) is 11.6. The fourth-order valence-corrected chi connectivity index (χ4v) is 3.72. The molecular formula is C18H17F2N3O. The molecule has 0 unspecified atom stereocenters. The van der Waals surface area contributed by atoms with Crippen LogP contribution < -0.4 is 4.90 Å². The van der Waals surface area contributed by atoms with Crippen LogP contribution in [0, 0.1) is 23.5 Å². The molecule has 2 aromatic rings. The van der Waals surface area contributed by atoms with E-state index in [0.29, 0.717) is 19.6 Å². The van der Waals surface area contributed by atoms with Gasteiger partial charge < -0.3 is 4.90 Å². The van der Waals surface area contributed by atoms with E-state index in [4.69, 9.17) is 0 Å². The number of carbonyl (C=O) groups is 1. The van der Waals surface area contributed by atoms with Crippen molar-refractivity contribution in [2.24, 2.45) is 11.8 Å². The number of anilines is 1. The molecule has 0 saturated carbocycles. The first-order valence-electron chi connectivity index (χ1n) is 7.99. The van der Waals surface area contributed by atoms with Gasteiger partial charge in [0, 0.05) is 38.3 Å². The van der Waals surface area contributed by atoms with Crippen LogP contribution in [0.4, 0.5) is 14.5 Å². The number of carbonyl (C=O) groups excluding carboxylic acids is 1. The van der Waals surface area contributed by atoms with Gasteiger partial charge in [-0.2, -0.15) is 0 Å². The number of likely N-dealkylation sites (tertiary alicyclic amines) is 1. The van der Waals surface area contributed by atoms with E-state index in [1.807, 2.05) is 12.1 Å². The van der Waals surface area contributed by atoms with Crippen molar-refractivity contribution in [2.75, 3.05) is 24.5 Å². The number of rotatable bonds is 3. The molecule has 0 radical (unpaired) electrons. The molecule has 4 nitrogen and oxygen atoms in total. The Balaban J connectivity index is 1.43. The van der Waals surface area contributed by atoms with Gasteiger partial charge in [0.2, 0.25) is 5.91 Å². The Morgan fingerprint density at radius 3 is 2.71 bits per heavy atom. The van der Waals surface area contributed by atoms with Crippen molar-refractivity contribution in [3.05, 3.63) is 59.9 Å². The molecule has 124 valence electrons. The molecule has 24 heavy (non-hydrogen) atoms. The number of amides is 1. The molecule has 3 heterocycles. The highest BCUT2D eigenvalue weighted by molar-refractivity contribution is 5.97. The van der Waals surface area contributed by atoms with Crippen LogP contribution in [0.5, 0.6) is 0 Å². The second kappa shape index (κ2) is 5.94. The van der Waals surface area contributed by atoms with Crippen LogP contribution >= 0.6 is 0 Å². The van der Waals surface area contributed by atoms with Gasteiger partial charge in [-0.1, -0.05) is 6.07 Å². The average molecular weight is 329 g/mol. The molecule has 1 aromatic carbocycles. The lowest BCUT2D eigenvalue weighted by Crippen LogP contribution is -2.32. The maximum atomic E-state index is 13.3. The zero-order valence-electron chi connectivity index (χ0n) is 13.0. The standard InChI is InChI=1S/C18H17F2N3O/c19-16-4-3-12(6-17(16)20)8-22-9-13-10-23(18(24)15(13)11-22)14-2-1-5-21-7-14/h1-7,13,15H,8-11H2/t13-,15-/m0/s1. The third-order valence-corrected chi connectivity index (χ3v) is 4.86. The number of fused-ring (bicyclic) bond motifs is 1. The van der Waals surface area contributed by atoms with Crippen LogP contribution in [0.15, 0.2) is 42.7 Å². The molecule has 4 rings (SSSR count). The summed E-state index contributed by atoms with van der Waals surface area (Å²) in [5, 5.41) is 0. The molecule has 2 aliphatic rings. The molecule has 0 bridgehead atoms. The number of benzene rings is 1. The van der Waals surface area contributed by atoms with E-state index in [2.05, 4.69) is 9.88 Å². The van der Waals surface area contributed by atoms with Crippen LogP contribution in [0.2, 0.25) is 0 Å². The van der Waals surface area contributed by atoms with E-state index < -0.39 is 11.6 Å². The number of nitrogens with zero attached hydrogens (tertiary/aromatic N) is 3.